The molecule has 1 aromatic heterocycles. The molecule has 1 fully saturated rings. The maximum atomic E-state index is 9.10. The normalized spacial score (nSPS) is 14.3. The van der Waals surface area contributed by atoms with Crippen molar-refractivity contribution in [1.82, 2.24) is 20.1 Å². The number of aliphatic carboxylic acids is 2. The molecule has 0 amide bonds. The molecule has 0 bridgehead atoms. The zero-order valence-corrected chi connectivity index (χ0v) is 15.3. The first kappa shape index (κ1) is 19.9. The van der Waals surface area contributed by atoms with E-state index in [2.05, 4.69) is 51.4 Å². The number of carboxylic acids is 2. The molecule has 0 aliphatic carbocycles. The monoisotopic (exact) mass is 378 g/mol. The Labute approximate surface area is 155 Å². The van der Waals surface area contributed by atoms with Crippen LogP contribution >= 0.6 is 11.8 Å². The fourth-order valence-electron chi connectivity index (χ4n) is 2.61. The highest BCUT2D eigenvalue weighted by Crippen LogP contribution is 2.27. The molecule has 1 aliphatic rings. The number of thioether (sulfide) groups is 1. The van der Waals surface area contributed by atoms with Gasteiger partial charge in [-0.1, -0.05) is 42.1 Å². The lowest BCUT2D eigenvalue weighted by molar-refractivity contribution is -0.159. The Morgan fingerprint density at radius 2 is 1.77 bits per heavy atom. The SMILES string of the molecule is Cn1c(SCc2ccccc2)nnc1C1CCNCC1.O=C(O)C(=O)O. The smallest absolute Gasteiger partial charge is 0.414 e. The minimum Gasteiger partial charge on any atom is -0.473 e. The third kappa shape index (κ3) is 5.85. The van der Waals surface area contributed by atoms with E-state index >= 15 is 0 Å². The number of rotatable bonds is 4. The summed E-state index contributed by atoms with van der Waals surface area (Å²) in [6.45, 7) is 2.17. The maximum Gasteiger partial charge on any atom is 0.414 e. The number of hydrogen-bond donors (Lipinski definition) is 3. The molecule has 0 saturated carbocycles. The van der Waals surface area contributed by atoms with Gasteiger partial charge in [-0.3, -0.25) is 0 Å². The molecular formula is C17H22N4O4S. The van der Waals surface area contributed by atoms with E-state index in [1.807, 2.05) is 6.07 Å². The van der Waals surface area contributed by atoms with Crippen molar-refractivity contribution in [1.29, 1.82) is 0 Å². The molecule has 1 aliphatic heterocycles. The molecule has 140 valence electrons. The summed E-state index contributed by atoms with van der Waals surface area (Å²) >= 11 is 1.76. The summed E-state index contributed by atoms with van der Waals surface area (Å²) in [5.41, 5.74) is 1.32. The number of carboxylic acid groups (broad SMARTS) is 2. The van der Waals surface area contributed by atoms with E-state index in [0.717, 1.165) is 42.7 Å². The highest BCUT2D eigenvalue weighted by atomic mass is 32.2. The van der Waals surface area contributed by atoms with E-state index in [1.54, 1.807) is 11.8 Å². The first-order valence-corrected chi connectivity index (χ1v) is 9.20. The number of hydrogen-bond acceptors (Lipinski definition) is 6. The number of benzene rings is 1. The first-order chi connectivity index (χ1) is 12.5. The Balaban J connectivity index is 0.000000352. The van der Waals surface area contributed by atoms with Crippen LogP contribution in [0.3, 0.4) is 0 Å². The molecule has 3 N–H and O–H groups in total. The van der Waals surface area contributed by atoms with Gasteiger partial charge in [-0.05, 0) is 31.5 Å². The van der Waals surface area contributed by atoms with Crippen molar-refractivity contribution in [3.05, 3.63) is 41.7 Å². The molecule has 2 aromatic rings. The Hall–Kier alpha value is -2.39. The molecular weight excluding hydrogens is 356 g/mol. The summed E-state index contributed by atoms with van der Waals surface area (Å²) in [7, 11) is 2.09. The van der Waals surface area contributed by atoms with Gasteiger partial charge in [0.25, 0.3) is 0 Å². The Morgan fingerprint density at radius 3 is 2.35 bits per heavy atom. The summed E-state index contributed by atoms with van der Waals surface area (Å²) in [5, 5.41) is 28.0. The van der Waals surface area contributed by atoms with E-state index in [4.69, 9.17) is 19.8 Å². The van der Waals surface area contributed by atoms with E-state index in [9.17, 15) is 0 Å². The molecule has 2 heterocycles. The van der Waals surface area contributed by atoms with E-state index in [1.165, 1.54) is 5.56 Å². The predicted molar refractivity (Wildman–Crippen MR) is 97.1 cm³/mol. The van der Waals surface area contributed by atoms with Crippen LogP contribution < -0.4 is 5.32 Å². The van der Waals surface area contributed by atoms with Crippen LogP contribution in [-0.2, 0) is 22.4 Å². The van der Waals surface area contributed by atoms with Gasteiger partial charge in [-0.2, -0.15) is 0 Å². The van der Waals surface area contributed by atoms with Crippen LogP contribution in [0.2, 0.25) is 0 Å². The molecule has 0 unspecified atom stereocenters. The van der Waals surface area contributed by atoms with Crippen molar-refractivity contribution in [3.8, 4) is 0 Å². The summed E-state index contributed by atoms with van der Waals surface area (Å²) in [5.74, 6) is -1.01. The molecule has 8 nitrogen and oxygen atoms in total. The molecule has 1 saturated heterocycles. The van der Waals surface area contributed by atoms with E-state index in [-0.39, 0.29) is 0 Å². The fourth-order valence-corrected chi connectivity index (χ4v) is 3.48. The number of piperidine rings is 1. The largest absolute Gasteiger partial charge is 0.473 e. The second-order valence-electron chi connectivity index (χ2n) is 5.81. The van der Waals surface area contributed by atoms with Gasteiger partial charge < -0.3 is 20.1 Å². The third-order valence-corrected chi connectivity index (χ3v) is 5.06. The lowest BCUT2D eigenvalue weighted by Crippen LogP contribution is -2.27. The van der Waals surface area contributed by atoms with Gasteiger partial charge in [0.15, 0.2) is 5.16 Å². The molecule has 1 aromatic carbocycles. The van der Waals surface area contributed by atoms with Crippen molar-refractivity contribution in [3.63, 3.8) is 0 Å². The highest BCUT2D eigenvalue weighted by Gasteiger charge is 2.21. The lowest BCUT2D eigenvalue weighted by Gasteiger charge is -2.21. The molecule has 0 radical (unpaired) electrons. The van der Waals surface area contributed by atoms with Crippen molar-refractivity contribution in [2.45, 2.75) is 29.7 Å². The van der Waals surface area contributed by atoms with Crippen LogP contribution in [0.15, 0.2) is 35.5 Å². The van der Waals surface area contributed by atoms with E-state index < -0.39 is 11.9 Å². The predicted octanol–water partition coefficient (Wildman–Crippen LogP) is 1.73. The zero-order valence-electron chi connectivity index (χ0n) is 14.5. The second-order valence-corrected chi connectivity index (χ2v) is 6.75. The van der Waals surface area contributed by atoms with Crippen LogP contribution in [0.1, 0.15) is 30.1 Å². The van der Waals surface area contributed by atoms with Gasteiger partial charge in [-0.15, -0.1) is 10.2 Å². The Bertz CT molecular complexity index is 718. The number of carbonyl (C=O) groups is 2. The van der Waals surface area contributed by atoms with Gasteiger partial charge in [0.05, 0.1) is 0 Å². The average Bonchev–Trinajstić information content (AvgIpc) is 3.02. The third-order valence-electron chi connectivity index (χ3n) is 3.97. The zero-order chi connectivity index (χ0) is 18.9. The number of nitrogens with zero attached hydrogens (tertiary/aromatic N) is 3. The minimum absolute atomic E-state index is 0.555. The highest BCUT2D eigenvalue weighted by molar-refractivity contribution is 7.98. The maximum absolute atomic E-state index is 9.10. The molecule has 0 atom stereocenters. The number of nitrogens with one attached hydrogen (secondary N) is 1. The van der Waals surface area contributed by atoms with Crippen LogP contribution in [0.25, 0.3) is 0 Å². The van der Waals surface area contributed by atoms with Gasteiger partial charge in [0, 0.05) is 18.7 Å². The summed E-state index contributed by atoms with van der Waals surface area (Å²) in [6.07, 6.45) is 2.32. The standard InChI is InChI=1S/C15H20N4S.C2H2O4/c1-19-14(13-7-9-16-10-8-13)17-18-15(19)20-11-12-5-3-2-4-6-12;3-1(4)2(5)6/h2-6,13,16H,7-11H2,1H3;(H,3,4)(H,5,6). The topological polar surface area (TPSA) is 117 Å². The van der Waals surface area contributed by atoms with Crippen LogP contribution in [0.4, 0.5) is 0 Å². The van der Waals surface area contributed by atoms with Crippen molar-refractivity contribution >= 4 is 23.7 Å². The number of aromatic nitrogens is 3. The molecule has 9 heteroatoms. The average molecular weight is 378 g/mol. The molecule has 3 rings (SSSR count). The summed E-state index contributed by atoms with van der Waals surface area (Å²) in [6, 6.07) is 10.5. The summed E-state index contributed by atoms with van der Waals surface area (Å²) in [4.78, 5) is 18.2. The van der Waals surface area contributed by atoms with Crippen LogP contribution in [0, 0.1) is 0 Å². The van der Waals surface area contributed by atoms with Crippen molar-refractivity contribution < 1.29 is 19.8 Å². The Morgan fingerprint density at radius 1 is 1.15 bits per heavy atom. The fraction of sp³-hybridized carbons (Fsp3) is 0.412. The molecule has 26 heavy (non-hydrogen) atoms. The van der Waals surface area contributed by atoms with Gasteiger partial charge in [0.1, 0.15) is 5.82 Å². The quantitative estimate of drug-likeness (QED) is 0.544. The van der Waals surface area contributed by atoms with Gasteiger partial charge >= 0.3 is 11.9 Å². The van der Waals surface area contributed by atoms with Crippen molar-refractivity contribution in [2.75, 3.05) is 13.1 Å². The summed E-state index contributed by atoms with van der Waals surface area (Å²) < 4.78 is 2.17. The minimum atomic E-state index is -1.82. The van der Waals surface area contributed by atoms with Crippen LogP contribution in [-0.4, -0.2) is 50.0 Å². The van der Waals surface area contributed by atoms with Crippen molar-refractivity contribution in [2.24, 2.45) is 7.05 Å². The lowest BCUT2D eigenvalue weighted by atomic mass is 9.97. The first-order valence-electron chi connectivity index (χ1n) is 8.22. The van der Waals surface area contributed by atoms with E-state index in [0.29, 0.717) is 5.92 Å². The Kier molecular flexibility index (Phi) is 7.61. The molecule has 0 spiro atoms. The van der Waals surface area contributed by atoms with Gasteiger partial charge in [-0.25, -0.2) is 9.59 Å². The van der Waals surface area contributed by atoms with Crippen LogP contribution in [0.5, 0.6) is 0 Å². The second kappa shape index (κ2) is 9.93. The van der Waals surface area contributed by atoms with Gasteiger partial charge in [0.2, 0.25) is 0 Å².